The van der Waals surface area contributed by atoms with Gasteiger partial charge < -0.3 is 5.32 Å². The first kappa shape index (κ1) is 7.28. The Bertz CT molecular complexity index is 207. The highest BCUT2D eigenvalue weighted by Crippen LogP contribution is 2.14. The van der Waals surface area contributed by atoms with Crippen LogP contribution in [0.5, 0.6) is 0 Å². The van der Waals surface area contributed by atoms with Crippen molar-refractivity contribution in [1.29, 1.82) is 5.53 Å². The van der Waals surface area contributed by atoms with Crippen LogP contribution < -0.4 is 5.32 Å². The fourth-order valence-corrected chi connectivity index (χ4v) is 0.842. The number of nitrogens with one attached hydrogen (secondary N) is 2. The van der Waals surface area contributed by atoms with Gasteiger partial charge in [0, 0.05) is 5.70 Å². The number of allylic oxidation sites excluding steroid dienone is 3. The third kappa shape index (κ3) is 1.36. The minimum Gasteiger partial charge on any atom is -0.361 e. The molecule has 0 fully saturated rings. The summed E-state index contributed by atoms with van der Waals surface area (Å²) in [6, 6.07) is 0. The van der Waals surface area contributed by atoms with Gasteiger partial charge in [-0.15, -0.1) is 0 Å². The molecule has 0 saturated heterocycles. The topological polar surface area (TPSA) is 48.2 Å². The SMILES string of the molecule is CC1=C(Cl)C=CC(N=N)N1. The second-order valence-corrected chi connectivity index (χ2v) is 2.46. The smallest absolute Gasteiger partial charge is 0.158 e. The molecule has 0 spiro atoms. The standard InChI is InChI=1S/C6H8ClN3/c1-4-5(7)2-3-6(9-4)10-8/h2-3,6,8-9H,1H3. The molecule has 0 saturated carbocycles. The largest absolute Gasteiger partial charge is 0.361 e. The molecule has 0 amide bonds. The van der Waals surface area contributed by atoms with E-state index in [0.717, 1.165) is 5.70 Å². The first-order valence-corrected chi connectivity index (χ1v) is 3.29. The van der Waals surface area contributed by atoms with Crippen molar-refractivity contribution in [2.75, 3.05) is 0 Å². The lowest BCUT2D eigenvalue weighted by Gasteiger charge is -2.15. The van der Waals surface area contributed by atoms with Gasteiger partial charge in [0.05, 0.1) is 5.03 Å². The number of halogens is 1. The zero-order chi connectivity index (χ0) is 7.56. The fraction of sp³-hybridized carbons (Fsp3) is 0.333. The lowest BCUT2D eigenvalue weighted by atomic mass is 10.3. The Hall–Kier alpha value is -0.830. The molecule has 3 nitrogen and oxygen atoms in total. The fourth-order valence-electron chi connectivity index (χ4n) is 0.715. The van der Waals surface area contributed by atoms with Gasteiger partial charge in [-0.05, 0) is 19.1 Å². The quantitative estimate of drug-likeness (QED) is 0.562. The van der Waals surface area contributed by atoms with Crippen molar-refractivity contribution in [2.45, 2.75) is 13.1 Å². The Kier molecular flexibility index (Phi) is 2.06. The van der Waals surface area contributed by atoms with E-state index >= 15 is 0 Å². The third-order valence-corrected chi connectivity index (χ3v) is 1.70. The van der Waals surface area contributed by atoms with E-state index in [4.69, 9.17) is 17.1 Å². The lowest BCUT2D eigenvalue weighted by molar-refractivity contribution is 0.642. The van der Waals surface area contributed by atoms with Gasteiger partial charge in [-0.2, -0.15) is 5.11 Å². The van der Waals surface area contributed by atoms with E-state index < -0.39 is 0 Å². The normalized spacial score (nSPS) is 24.4. The van der Waals surface area contributed by atoms with Crippen molar-refractivity contribution in [2.24, 2.45) is 5.11 Å². The van der Waals surface area contributed by atoms with Gasteiger partial charge in [0.2, 0.25) is 0 Å². The van der Waals surface area contributed by atoms with E-state index in [2.05, 4.69) is 10.4 Å². The highest BCUT2D eigenvalue weighted by Gasteiger charge is 2.07. The summed E-state index contributed by atoms with van der Waals surface area (Å²) < 4.78 is 0. The minimum atomic E-state index is -0.234. The number of hydrogen-bond acceptors (Lipinski definition) is 3. The second kappa shape index (κ2) is 2.84. The molecule has 54 valence electrons. The van der Waals surface area contributed by atoms with Crippen LogP contribution in [0.4, 0.5) is 0 Å². The van der Waals surface area contributed by atoms with E-state index in [1.165, 1.54) is 0 Å². The van der Waals surface area contributed by atoms with Gasteiger partial charge in [0.25, 0.3) is 0 Å². The maximum atomic E-state index is 6.70. The van der Waals surface area contributed by atoms with Crippen LogP contribution >= 0.6 is 11.6 Å². The van der Waals surface area contributed by atoms with Crippen molar-refractivity contribution in [3.8, 4) is 0 Å². The summed E-state index contributed by atoms with van der Waals surface area (Å²) in [5.74, 6) is 0. The molecule has 1 rings (SSSR count). The van der Waals surface area contributed by atoms with Crippen LogP contribution in [-0.2, 0) is 0 Å². The van der Waals surface area contributed by atoms with Crippen LogP contribution in [0.15, 0.2) is 28.0 Å². The van der Waals surface area contributed by atoms with Crippen LogP contribution in [0.1, 0.15) is 6.92 Å². The Balaban J connectivity index is 2.73. The molecule has 4 heteroatoms. The molecule has 10 heavy (non-hydrogen) atoms. The van der Waals surface area contributed by atoms with Crippen molar-refractivity contribution in [3.05, 3.63) is 22.9 Å². The van der Waals surface area contributed by atoms with Gasteiger partial charge in [0.1, 0.15) is 0 Å². The molecule has 0 bridgehead atoms. The monoisotopic (exact) mass is 157 g/mol. The lowest BCUT2D eigenvalue weighted by Crippen LogP contribution is -2.25. The molecule has 0 aromatic heterocycles. The van der Waals surface area contributed by atoms with Crippen LogP contribution in [-0.4, -0.2) is 6.17 Å². The summed E-state index contributed by atoms with van der Waals surface area (Å²) in [6.07, 6.45) is 3.25. The van der Waals surface area contributed by atoms with E-state index in [9.17, 15) is 0 Å². The predicted molar refractivity (Wildman–Crippen MR) is 39.8 cm³/mol. The van der Waals surface area contributed by atoms with Crippen molar-refractivity contribution < 1.29 is 0 Å². The van der Waals surface area contributed by atoms with E-state index in [0.29, 0.717) is 5.03 Å². The van der Waals surface area contributed by atoms with Gasteiger partial charge in [-0.25, -0.2) is 5.53 Å². The molecule has 0 radical (unpaired) electrons. The van der Waals surface area contributed by atoms with E-state index in [-0.39, 0.29) is 6.17 Å². The number of nitrogens with zero attached hydrogens (tertiary/aromatic N) is 1. The molecule has 0 aliphatic carbocycles. The molecule has 1 aliphatic heterocycles. The molecule has 0 aromatic carbocycles. The molecule has 1 unspecified atom stereocenters. The van der Waals surface area contributed by atoms with Crippen LogP contribution in [0, 0.1) is 5.53 Å². The summed E-state index contributed by atoms with van der Waals surface area (Å²) >= 11 is 5.72. The van der Waals surface area contributed by atoms with Crippen LogP contribution in [0.25, 0.3) is 0 Å². The summed E-state index contributed by atoms with van der Waals surface area (Å²) in [5, 5.41) is 6.89. The summed E-state index contributed by atoms with van der Waals surface area (Å²) in [4.78, 5) is 0. The van der Waals surface area contributed by atoms with Crippen molar-refractivity contribution in [1.82, 2.24) is 5.32 Å². The van der Waals surface area contributed by atoms with Crippen LogP contribution in [0.3, 0.4) is 0 Å². The first-order valence-electron chi connectivity index (χ1n) is 2.91. The maximum absolute atomic E-state index is 6.70. The molecule has 1 atom stereocenters. The van der Waals surface area contributed by atoms with Gasteiger partial charge in [-0.1, -0.05) is 11.6 Å². The molecule has 2 N–H and O–H groups in total. The molecular weight excluding hydrogens is 150 g/mol. The van der Waals surface area contributed by atoms with Gasteiger partial charge in [0.15, 0.2) is 6.17 Å². The average molecular weight is 158 g/mol. The van der Waals surface area contributed by atoms with Crippen LogP contribution in [0.2, 0.25) is 0 Å². The highest BCUT2D eigenvalue weighted by molar-refractivity contribution is 6.31. The van der Waals surface area contributed by atoms with Gasteiger partial charge >= 0.3 is 0 Å². The highest BCUT2D eigenvalue weighted by atomic mass is 35.5. The third-order valence-electron chi connectivity index (χ3n) is 1.29. The van der Waals surface area contributed by atoms with Crippen molar-refractivity contribution in [3.63, 3.8) is 0 Å². The second-order valence-electron chi connectivity index (χ2n) is 2.05. The summed E-state index contributed by atoms with van der Waals surface area (Å²) in [5.41, 5.74) is 7.56. The maximum Gasteiger partial charge on any atom is 0.158 e. The number of hydrogen-bond donors (Lipinski definition) is 2. The number of rotatable bonds is 1. The molecule has 0 aromatic rings. The first-order chi connectivity index (χ1) is 4.74. The van der Waals surface area contributed by atoms with Gasteiger partial charge in [-0.3, -0.25) is 0 Å². The Morgan fingerprint density at radius 2 is 2.50 bits per heavy atom. The Labute approximate surface area is 64.3 Å². The molecular formula is C6H8ClN3. The van der Waals surface area contributed by atoms with Crippen molar-refractivity contribution >= 4 is 11.6 Å². The molecule has 1 heterocycles. The zero-order valence-corrected chi connectivity index (χ0v) is 6.31. The minimum absolute atomic E-state index is 0.234. The Morgan fingerprint density at radius 1 is 1.80 bits per heavy atom. The Morgan fingerprint density at radius 3 is 3.00 bits per heavy atom. The van der Waals surface area contributed by atoms with E-state index in [1.54, 1.807) is 12.2 Å². The average Bonchev–Trinajstić information content (AvgIpc) is 1.95. The number of dihydropyridines is 1. The molecule has 1 aliphatic rings. The summed E-state index contributed by atoms with van der Waals surface area (Å²) in [7, 11) is 0. The summed E-state index contributed by atoms with van der Waals surface area (Å²) in [6.45, 7) is 1.85. The van der Waals surface area contributed by atoms with E-state index in [1.807, 2.05) is 6.92 Å². The predicted octanol–water partition coefficient (Wildman–Crippen LogP) is 1.97. The zero-order valence-electron chi connectivity index (χ0n) is 5.56.